The van der Waals surface area contributed by atoms with Gasteiger partial charge in [0.2, 0.25) is 5.91 Å². The number of amides is 1. The van der Waals surface area contributed by atoms with Crippen LogP contribution in [0.3, 0.4) is 0 Å². The Labute approximate surface area is 384 Å². The standard InChI is InChI=1S/C56H101NO5/c1-3-5-7-9-11-13-15-25-30-34-38-42-46-50-56(61)62-51-47-43-39-35-31-27-24-22-20-18-16-17-19-21-23-26-29-33-37-41-45-49-55(60)57-53(52-58)54(59)48-44-40-36-32-28-14-12-10-8-6-4-2/h7,9,13,15,27,31,39,43-44,48,53-54,58-59H,3-6,8,10-12,14,16-26,28-30,32-38,40-42,45-47,49-52H2,1-2H3,(H,57,60)/b9-7-,15-13-,31-27-,43-39-,48-44+. The maximum absolute atomic E-state index is 12.4. The van der Waals surface area contributed by atoms with Crippen molar-refractivity contribution in [2.45, 2.75) is 270 Å². The second kappa shape index (κ2) is 51.2. The summed E-state index contributed by atoms with van der Waals surface area (Å²) in [6, 6.07) is -0.631. The number of allylic oxidation sites excluding steroid dienone is 8. The molecule has 0 saturated heterocycles. The topological polar surface area (TPSA) is 95.9 Å². The lowest BCUT2D eigenvalue weighted by Crippen LogP contribution is -2.45. The minimum atomic E-state index is -0.847. The highest BCUT2D eigenvalue weighted by molar-refractivity contribution is 5.76. The largest absolute Gasteiger partial charge is 0.465 e. The molecule has 0 spiro atoms. The van der Waals surface area contributed by atoms with E-state index >= 15 is 0 Å². The molecule has 0 saturated carbocycles. The van der Waals surface area contributed by atoms with E-state index in [1.165, 1.54) is 167 Å². The minimum Gasteiger partial charge on any atom is -0.465 e. The number of hydrogen-bond donors (Lipinski definition) is 3. The van der Waals surface area contributed by atoms with Crippen molar-refractivity contribution in [3.63, 3.8) is 0 Å². The molecule has 0 aliphatic heterocycles. The number of aliphatic hydroxyl groups excluding tert-OH is 2. The molecule has 0 aliphatic carbocycles. The number of nitrogens with one attached hydrogen (secondary N) is 1. The Morgan fingerprint density at radius 1 is 0.452 bits per heavy atom. The molecule has 2 atom stereocenters. The summed E-state index contributed by atoms with van der Waals surface area (Å²) in [6.07, 6.45) is 65.3. The van der Waals surface area contributed by atoms with Crippen molar-refractivity contribution in [1.29, 1.82) is 0 Å². The van der Waals surface area contributed by atoms with E-state index in [0.29, 0.717) is 19.4 Å². The third-order valence-electron chi connectivity index (χ3n) is 11.8. The van der Waals surface area contributed by atoms with Crippen LogP contribution in [0.2, 0.25) is 0 Å². The summed E-state index contributed by atoms with van der Waals surface area (Å²) in [4.78, 5) is 24.4. The molecule has 2 unspecified atom stereocenters. The predicted molar refractivity (Wildman–Crippen MR) is 268 cm³/mol. The zero-order chi connectivity index (χ0) is 45.1. The molecular formula is C56H101NO5. The van der Waals surface area contributed by atoms with Crippen LogP contribution in [0.25, 0.3) is 0 Å². The van der Waals surface area contributed by atoms with Crippen LogP contribution >= 0.6 is 0 Å². The second-order valence-electron chi connectivity index (χ2n) is 17.8. The first-order chi connectivity index (χ1) is 30.5. The number of rotatable bonds is 48. The number of hydrogen-bond acceptors (Lipinski definition) is 5. The molecule has 0 rings (SSSR count). The zero-order valence-electron chi connectivity index (χ0n) is 40.8. The van der Waals surface area contributed by atoms with E-state index in [4.69, 9.17) is 4.74 Å². The number of carbonyl (C=O) groups excluding carboxylic acids is 2. The van der Waals surface area contributed by atoms with Crippen LogP contribution in [-0.2, 0) is 14.3 Å². The van der Waals surface area contributed by atoms with Gasteiger partial charge in [0.25, 0.3) is 0 Å². The molecule has 6 heteroatoms. The SMILES string of the molecule is CCC/C=C\C/C=C\CCCCCCCC(=O)OCC/C=C\C/C=C\CCCCCCCCCCCCCCCCC(=O)NC(CO)C(O)/C=C/CCCCCCCCCCC. The molecule has 3 N–H and O–H groups in total. The van der Waals surface area contributed by atoms with E-state index in [1.807, 2.05) is 6.08 Å². The highest BCUT2D eigenvalue weighted by atomic mass is 16.5. The Hall–Kier alpha value is -2.44. The van der Waals surface area contributed by atoms with Crippen LogP contribution in [0.15, 0.2) is 60.8 Å². The molecule has 62 heavy (non-hydrogen) atoms. The first kappa shape index (κ1) is 59.6. The van der Waals surface area contributed by atoms with Gasteiger partial charge in [-0.25, -0.2) is 0 Å². The maximum Gasteiger partial charge on any atom is 0.305 e. The van der Waals surface area contributed by atoms with Crippen LogP contribution in [0.5, 0.6) is 0 Å². The smallest absolute Gasteiger partial charge is 0.305 e. The summed E-state index contributed by atoms with van der Waals surface area (Å²) >= 11 is 0. The van der Waals surface area contributed by atoms with Gasteiger partial charge >= 0.3 is 5.97 Å². The highest BCUT2D eigenvalue weighted by Crippen LogP contribution is 2.15. The van der Waals surface area contributed by atoms with Crippen LogP contribution < -0.4 is 5.32 Å². The lowest BCUT2D eigenvalue weighted by atomic mass is 10.0. The molecule has 0 aromatic heterocycles. The van der Waals surface area contributed by atoms with Crippen molar-refractivity contribution >= 4 is 11.9 Å². The Balaban J connectivity index is 3.49. The fourth-order valence-corrected chi connectivity index (χ4v) is 7.68. The van der Waals surface area contributed by atoms with Gasteiger partial charge in [-0.2, -0.15) is 0 Å². The van der Waals surface area contributed by atoms with Gasteiger partial charge in [-0.3, -0.25) is 9.59 Å². The van der Waals surface area contributed by atoms with E-state index in [-0.39, 0.29) is 18.5 Å². The second-order valence-corrected chi connectivity index (χ2v) is 17.8. The van der Waals surface area contributed by atoms with Gasteiger partial charge < -0.3 is 20.3 Å². The van der Waals surface area contributed by atoms with Crippen molar-refractivity contribution in [3.05, 3.63) is 60.8 Å². The molecule has 0 aromatic rings. The van der Waals surface area contributed by atoms with E-state index in [9.17, 15) is 19.8 Å². The summed E-state index contributed by atoms with van der Waals surface area (Å²) in [6.45, 7) is 4.70. The minimum absolute atomic E-state index is 0.0525. The van der Waals surface area contributed by atoms with Crippen LogP contribution in [0.4, 0.5) is 0 Å². The monoisotopic (exact) mass is 868 g/mol. The summed E-state index contributed by atoms with van der Waals surface area (Å²) < 4.78 is 5.39. The van der Waals surface area contributed by atoms with Gasteiger partial charge in [0, 0.05) is 12.8 Å². The highest BCUT2D eigenvalue weighted by Gasteiger charge is 2.18. The van der Waals surface area contributed by atoms with Gasteiger partial charge in [-0.05, 0) is 77.0 Å². The summed E-state index contributed by atoms with van der Waals surface area (Å²) in [5, 5.41) is 23.0. The molecule has 0 radical (unpaired) electrons. The molecule has 0 aliphatic rings. The average molecular weight is 868 g/mol. The lowest BCUT2D eigenvalue weighted by Gasteiger charge is -2.20. The fourth-order valence-electron chi connectivity index (χ4n) is 7.68. The molecule has 6 nitrogen and oxygen atoms in total. The van der Waals surface area contributed by atoms with Gasteiger partial charge in [-0.15, -0.1) is 0 Å². The number of ether oxygens (including phenoxy) is 1. The van der Waals surface area contributed by atoms with Crippen molar-refractivity contribution in [3.8, 4) is 0 Å². The Morgan fingerprint density at radius 2 is 0.839 bits per heavy atom. The quantitative estimate of drug-likeness (QED) is 0.0322. The Morgan fingerprint density at radius 3 is 1.29 bits per heavy atom. The van der Waals surface area contributed by atoms with Crippen LogP contribution in [0.1, 0.15) is 258 Å². The van der Waals surface area contributed by atoms with Gasteiger partial charge in [0.1, 0.15) is 0 Å². The maximum atomic E-state index is 12.4. The van der Waals surface area contributed by atoms with Crippen molar-refractivity contribution in [2.24, 2.45) is 0 Å². The van der Waals surface area contributed by atoms with Gasteiger partial charge in [-0.1, -0.05) is 229 Å². The molecule has 360 valence electrons. The number of unbranched alkanes of at least 4 members (excludes halogenated alkanes) is 29. The lowest BCUT2D eigenvalue weighted by molar-refractivity contribution is -0.143. The first-order valence-corrected chi connectivity index (χ1v) is 26.6. The molecule has 1 amide bonds. The Kier molecular flexibility index (Phi) is 49.2. The van der Waals surface area contributed by atoms with Gasteiger partial charge in [0.15, 0.2) is 0 Å². The third kappa shape index (κ3) is 47.0. The van der Waals surface area contributed by atoms with Crippen molar-refractivity contribution < 1.29 is 24.5 Å². The molecular weight excluding hydrogens is 767 g/mol. The van der Waals surface area contributed by atoms with Gasteiger partial charge in [0.05, 0.1) is 25.4 Å². The average Bonchev–Trinajstić information content (AvgIpc) is 3.27. The molecule has 0 heterocycles. The zero-order valence-corrected chi connectivity index (χ0v) is 40.8. The van der Waals surface area contributed by atoms with Crippen LogP contribution in [0, 0.1) is 0 Å². The van der Waals surface area contributed by atoms with Crippen molar-refractivity contribution in [1.82, 2.24) is 5.32 Å². The first-order valence-electron chi connectivity index (χ1n) is 26.6. The van der Waals surface area contributed by atoms with Crippen LogP contribution in [-0.4, -0.2) is 47.4 Å². The number of carbonyl (C=O) groups is 2. The number of esters is 1. The Bertz CT molecular complexity index is 1090. The predicted octanol–water partition coefficient (Wildman–Crippen LogP) is 16.0. The van der Waals surface area contributed by atoms with E-state index < -0.39 is 12.1 Å². The van der Waals surface area contributed by atoms with E-state index in [1.54, 1.807) is 6.08 Å². The normalized spacial score (nSPS) is 13.2. The molecule has 0 aromatic carbocycles. The number of aliphatic hydroxyl groups is 2. The summed E-state index contributed by atoms with van der Waals surface area (Å²) in [7, 11) is 0. The summed E-state index contributed by atoms with van der Waals surface area (Å²) in [5.74, 6) is -0.128. The fraction of sp³-hybridized carbons (Fsp3) is 0.786. The third-order valence-corrected chi connectivity index (χ3v) is 11.8. The van der Waals surface area contributed by atoms with E-state index in [0.717, 1.165) is 64.2 Å². The summed E-state index contributed by atoms with van der Waals surface area (Å²) in [5.41, 5.74) is 0. The van der Waals surface area contributed by atoms with Crippen molar-refractivity contribution in [2.75, 3.05) is 13.2 Å². The molecule has 0 bridgehead atoms. The molecule has 0 fully saturated rings. The van der Waals surface area contributed by atoms with E-state index in [2.05, 4.69) is 67.8 Å².